The summed E-state index contributed by atoms with van der Waals surface area (Å²) in [6.07, 6.45) is 10.9. The van der Waals surface area contributed by atoms with E-state index in [0.717, 1.165) is 30.2 Å². The van der Waals surface area contributed by atoms with E-state index in [-0.39, 0.29) is 6.04 Å². The van der Waals surface area contributed by atoms with Crippen molar-refractivity contribution in [3.63, 3.8) is 0 Å². The molecule has 1 aliphatic carbocycles. The van der Waals surface area contributed by atoms with Gasteiger partial charge in [-0.25, -0.2) is 9.97 Å². The van der Waals surface area contributed by atoms with Crippen LogP contribution in [0.5, 0.6) is 0 Å². The summed E-state index contributed by atoms with van der Waals surface area (Å²) in [5.41, 5.74) is 1.12. The van der Waals surface area contributed by atoms with E-state index in [1.165, 1.54) is 38.5 Å². The van der Waals surface area contributed by atoms with Crippen LogP contribution in [0.15, 0.2) is 6.20 Å². The number of rotatable bonds is 4. The van der Waals surface area contributed by atoms with Gasteiger partial charge in [-0.05, 0) is 26.2 Å². The Morgan fingerprint density at radius 1 is 1.26 bits per heavy atom. The lowest BCUT2D eigenvalue weighted by Gasteiger charge is -2.27. The molecule has 5 nitrogen and oxygen atoms in total. The molecule has 2 aliphatic rings. The topological polar surface area (TPSA) is 58.1 Å². The predicted molar refractivity (Wildman–Crippen MR) is 91.4 cm³/mol. The molecule has 2 heterocycles. The third kappa shape index (κ3) is 3.82. The molecule has 1 aromatic heterocycles. The summed E-state index contributed by atoms with van der Waals surface area (Å²) >= 11 is 0. The highest BCUT2D eigenvalue weighted by Gasteiger charge is 2.34. The van der Waals surface area contributed by atoms with E-state index in [1.807, 2.05) is 13.1 Å². The molecule has 0 radical (unpaired) electrons. The Morgan fingerprint density at radius 2 is 2.00 bits per heavy atom. The maximum absolute atomic E-state index is 12.5. The van der Waals surface area contributed by atoms with Gasteiger partial charge in [0.2, 0.25) is 5.91 Å². The number of hydrogen-bond donors (Lipinski definition) is 1. The summed E-state index contributed by atoms with van der Waals surface area (Å²) in [7, 11) is 0. The predicted octanol–water partition coefficient (Wildman–Crippen LogP) is 3.08. The zero-order chi connectivity index (χ0) is 16.2. The van der Waals surface area contributed by atoms with Crippen LogP contribution in [-0.2, 0) is 11.2 Å². The molecule has 1 saturated carbocycles. The molecule has 23 heavy (non-hydrogen) atoms. The molecule has 2 fully saturated rings. The second-order valence-electron chi connectivity index (χ2n) is 6.88. The lowest BCUT2D eigenvalue weighted by atomic mass is 10.1. The Balaban J connectivity index is 1.66. The second-order valence-corrected chi connectivity index (χ2v) is 6.88. The van der Waals surface area contributed by atoms with Gasteiger partial charge in [-0.1, -0.05) is 32.6 Å². The second kappa shape index (κ2) is 7.28. The molecule has 1 N–H and O–H groups in total. The molecule has 1 amide bonds. The fourth-order valence-electron chi connectivity index (χ4n) is 3.82. The van der Waals surface area contributed by atoms with Crippen LogP contribution < -0.4 is 5.32 Å². The minimum absolute atomic E-state index is 0.172. The minimum Gasteiger partial charge on any atom is -0.365 e. The zero-order valence-corrected chi connectivity index (χ0v) is 14.3. The Morgan fingerprint density at radius 3 is 2.70 bits per heavy atom. The number of nitrogens with zero attached hydrogens (tertiary/aromatic N) is 3. The van der Waals surface area contributed by atoms with Gasteiger partial charge in [-0.15, -0.1) is 0 Å². The average molecular weight is 316 g/mol. The Kier molecular flexibility index (Phi) is 5.13. The van der Waals surface area contributed by atoms with Crippen molar-refractivity contribution in [2.75, 3.05) is 11.9 Å². The van der Waals surface area contributed by atoms with E-state index in [9.17, 15) is 4.79 Å². The van der Waals surface area contributed by atoms with E-state index < -0.39 is 0 Å². The third-order valence-electron chi connectivity index (χ3n) is 5.13. The molecule has 1 aromatic rings. The smallest absolute Gasteiger partial charge is 0.225 e. The van der Waals surface area contributed by atoms with Crippen LogP contribution >= 0.6 is 0 Å². The molecule has 126 valence electrons. The van der Waals surface area contributed by atoms with Crippen LogP contribution in [0, 0.1) is 6.92 Å². The number of likely N-dealkylation sites (tertiary alicyclic amines) is 1. The number of aryl methyl sites for hydroxylation is 2. The van der Waals surface area contributed by atoms with Gasteiger partial charge in [0.1, 0.15) is 11.6 Å². The monoisotopic (exact) mass is 316 g/mol. The van der Waals surface area contributed by atoms with Crippen molar-refractivity contribution in [3.05, 3.63) is 17.6 Å². The molecule has 5 heteroatoms. The molecular formula is C18H28N4O. The number of nitrogens with one attached hydrogen (secondary N) is 1. The van der Waals surface area contributed by atoms with Crippen molar-refractivity contribution in [3.8, 4) is 0 Å². The molecule has 1 saturated heterocycles. The maximum Gasteiger partial charge on any atom is 0.225 e. The van der Waals surface area contributed by atoms with Crippen LogP contribution in [0.1, 0.15) is 63.3 Å². The summed E-state index contributed by atoms with van der Waals surface area (Å²) in [6, 6.07) is 0.625. The van der Waals surface area contributed by atoms with Crippen molar-refractivity contribution in [1.29, 1.82) is 0 Å². The average Bonchev–Trinajstić information content (AvgIpc) is 2.75. The van der Waals surface area contributed by atoms with E-state index in [4.69, 9.17) is 0 Å². The number of aromatic nitrogens is 2. The molecule has 3 rings (SSSR count). The van der Waals surface area contributed by atoms with E-state index in [0.29, 0.717) is 18.4 Å². The highest BCUT2D eigenvalue weighted by atomic mass is 16.2. The van der Waals surface area contributed by atoms with Crippen molar-refractivity contribution < 1.29 is 4.79 Å². The molecule has 0 spiro atoms. The summed E-state index contributed by atoms with van der Waals surface area (Å²) in [4.78, 5) is 23.4. The summed E-state index contributed by atoms with van der Waals surface area (Å²) in [5.74, 6) is 1.98. The van der Waals surface area contributed by atoms with Gasteiger partial charge in [-0.3, -0.25) is 4.79 Å². The van der Waals surface area contributed by atoms with Crippen LogP contribution in [0.2, 0.25) is 0 Å². The van der Waals surface area contributed by atoms with Crippen molar-refractivity contribution >= 4 is 11.7 Å². The Hall–Kier alpha value is -1.65. The quantitative estimate of drug-likeness (QED) is 0.867. The van der Waals surface area contributed by atoms with E-state index in [1.54, 1.807) is 0 Å². The van der Waals surface area contributed by atoms with Crippen molar-refractivity contribution in [2.24, 2.45) is 0 Å². The van der Waals surface area contributed by atoms with Crippen LogP contribution in [0.4, 0.5) is 5.82 Å². The fraction of sp³-hybridized carbons (Fsp3) is 0.722. The molecule has 0 aromatic carbocycles. The van der Waals surface area contributed by atoms with Gasteiger partial charge < -0.3 is 10.2 Å². The van der Waals surface area contributed by atoms with Crippen molar-refractivity contribution in [2.45, 2.75) is 77.3 Å². The number of hydrogen-bond acceptors (Lipinski definition) is 4. The number of amides is 1. The van der Waals surface area contributed by atoms with E-state index in [2.05, 4.69) is 27.1 Å². The van der Waals surface area contributed by atoms with Gasteiger partial charge >= 0.3 is 0 Å². The van der Waals surface area contributed by atoms with Gasteiger partial charge in [0.05, 0.1) is 6.04 Å². The lowest BCUT2D eigenvalue weighted by Crippen LogP contribution is -2.37. The minimum atomic E-state index is 0.172. The normalized spacial score (nSPS) is 23.1. The number of anilines is 1. The Labute approximate surface area is 138 Å². The largest absolute Gasteiger partial charge is 0.365 e. The highest BCUT2D eigenvalue weighted by molar-refractivity contribution is 5.80. The van der Waals surface area contributed by atoms with Gasteiger partial charge in [0, 0.05) is 30.8 Å². The summed E-state index contributed by atoms with van der Waals surface area (Å²) in [6.45, 7) is 4.83. The van der Waals surface area contributed by atoms with Crippen molar-refractivity contribution in [1.82, 2.24) is 14.9 Å². The standard InChI is InChI=1S/C18H28N4O/c1-3-14-11-19-13(2)20-18(14)21-15-10-17(23)22(12-15)16-8-6-4-5-7-9-16/h11,15-16H,3-10,12H2,1-2H3,(H,19,20,21)/t15-/m0/s1. The summed E-state index contributed by atoms with van der Waals surface area (Å²) < 4.78 is 0. The zero-order valence-electron chi connectivity index (χ0n) is 14.3. The van der Waals surface area contributed by atoms with Gasteiger partial charge in [0.15, 0.2) is 0 Å². The summed E-state index contributed by atoms with van der Waals surface area (Å²) in [5, 5.41) is 3.50. The molecule has 1 atom stereocenters. The van der Waals surface area contributed by atoms with Gasteiger partial charge in [-0.2, -0.15) is 0 Å². The maximum atomic E-state index is 12.5. The molecule has 1 aliphatic heterocycles. The Bertz CT molecular complexity index is 552. The first-order chi connectivity index (χ1) is 11.2. The lowest BCUT2D eigenvalue weighted by molar-refractivity contribution is -0.129. The first-order valence-corrected chi connectivity index (χ1v) is 9.06. The van der Waals surface area contributed by atoms with Crippen LogP contribution in [0.25, 0.3) is 0 Å². The molecule has 0 unspecified atom stereocenters. The van der Waals surface area contributed by atoms with Crippen LogP contribution in [0.3, 0.4) is 0 Å². The molecule has 0 bridgehead atoms. The van der Waals surface area contributed by atoms with Gasteiger partial charge in [0.25, 0.3) is 0 Å². The molecular weight excluding hydrogens is 288 g/mol. The fourth-order valence-corrected chi connectivity index (χ4v) is 3.82. The highest BCUT2D eigenvalue weighted by Crippen LogP contribution is 2.27. The first kappa shape index (κ1) is 16.2. The number of carbonyl (C=O) groups is 1. The van der Waals surface area contributed by atoms with Crippen LogP contribution in [-0.4, -0.2) is 39.4 Å². The third-order valence-corrected chi connectivity index (χ3v) is 5.13. The SMILES string of the molecule is CCc1cnc(C)nc1N[C@H]1CC(=O)N(C2CCCCCC2)C1. The van der Waals surface area contributed by atoms with E-state index >= 15 is 0 Å². The number of carbonyl (C=O) groups excluding carboxylic acids is 1. The first-order valence-electron chi connectivity index (χ1n) is 9.06.